The lowest BCUT2D eigenvalue weighted by Gasteiger charge is -2.42. The third-order valence-electron chi connectivity index (χ3n) is 10.9. The second kappa shape index (κ2) is 37.5. The van der Waals surface area contributed by atoms with Crippen LogP contribution in [0.3, 0.4) is 0 Å². The number of ether oxygens (including phenoxy) is 6. The number of carbonyl (C=O) groups is 1. The van der Waals surface area contributed by atoms with Crippen molar-refractivity contribution < 1.29 is 69.0 Å². The Morgan fingerprint density at radius 1 is 0.531 bits per heavy atom. The van der Waals surface area contributed by atoms with E-state index in [-0.39, 0.29) is 19.6 Å². The predicted octanol–water partition coefficient (Wildman–Crippen LogP) is 6.34. The van der Waals surface area contributed by atoms with Crippen LogP contribution in [0.2, 0.25) is 0 Å². The lowest BCUT2D eigenvalue weighted by atomic mass is 9.98. The summed E-state index contributed by atoms with van der Waals surface area (Å²) >= 11 is 0. The van der Waals surface area contributed by atoms with Crippen molar-refractivity contribution in [2.45, 2.75) is 203 Å². The first-order valence-electron chi connectivity index (χ1n) is 24.0. The van der Waals surface area contributed by atoms with Crippen LogP contribution in [-0.2, 0) is 33.2 Å². The normalized spacial score (nSPS) is 27.4. The zero-order valence-corrected chi connectivity index (χ0v) is 38.7. The molecule has 2 saturated heterocycles. The van der Waals surface area contributed by atoms with Crippen LogP contribution >= 0.6 is 0 Å². The van der Waals surface area contributed by atoms with Crippen molar-refractivity contribution in [3.63, 3.8) is 0 Å². The molecule has 0 saturated carbocycles. The summed E-state index contributed by atoms with van der Waals surface area (Å²) in [6.07, 6.45) is 28.3. The van der Waals surface area contributed by atoms with Crippen molar-refractivity contribution in [3.05, 3.63) is 72.9 Å². The molecule has 7 N–H and O–H groups in total. The molecule has 14 nitrogen and oxygen atoms in total. The molecule has 11 atom stereocenters. The summed E-state index contributed by atoms with van der Waals surface area (Å²) in [7, 11) is 0. The molecule has 0 aliphatic carbocycles. The van der Waals surface area contributed by atoms with Gasteiger partial charge in [-0.3, -0.25) is 4.79 Å². The van der Waals surface area contributed by atoms with Gasteiger partial charge in [-0.1, -0.05) is 119 Å². The molecule has 11 unspecified atom stereocenters. The molecular weight excluding hydrogens is 825 g/mol. The highest BCUT2D eigenvalue weighted by Gasteiger charge is 2.47. The van der Waals surface area contributed by atoms with Crippen LogP contribution < -0.4 is 0 Å². The van der Waals surface area contributed by atoms with E-state index in [1.54, 1.807) is 0 Å². The smallest absolute Gasteiger partial charge is 0.306 e. The molecule has 14 heteroatoms. The summed E-state index contributed by atoms with van der Waals surface area (Å²) in [5, 5.41) is 72.0. The third kappa shape index (κ3) is 25.4. The molecule has 0 spiro atoms. The average Bonchev–Trinajstić information content (AvgIpc) is 3.29. The Balaban J connectivity index is 1.82. The number of esters is 1. The largest absolute Gasteiger partial charge is 0.457 e. The van der Waals surface area contributed by atoms with Crippen molar-refractivity contribution in [2.24, 2.45) is 0 Å². The predicted molar refractivity (Wildman–Crippen MR) is 247 cm³/mol. The van der Waals surface area contributed by atoms with Crippen LogP contribution in [0.1, 0.15) is 136 Å². The monoisotopic (exact) mass is 909 g/mol. The van der Waals surface area contributed by atoms with Gasteiger partial charge in [-0.25, -0.2) is 0 Å². The summed E-state index contributed by atoms with van der Waals surface area (Å²) in [5.41, 5.74) is 0. The summed E-state index contributed by atoms with van der Waals surface area (Å²) in [5.74, 6) is -0.406. The summed E-state index contributed by atoms with van der Waals surface area (Å²) in [6, 6.07) is 0. The molecule has 0 aromatic carbocycles. The SMILES string of the molecule is CC/C=C\C/C=C\C/C=C\C/C=C\C/C=C\CCCCOCC(COC1OC(COC2OC(CO)C(O)C(O)C2O)C(O)C(O)C1O)OC(=O)CCCCCCC/C=C\CCCCC. The Labute approximate surface area is 383 Å². The Bertz CT molecular complexity index is 1330. The lowest BCUT2D eigenvalue weighted by Crippen LogP contribution is -2.61. The lowest BCUT2D eigenvalue weighted by molar-refractivity contribution is -0.332. The van der Waals surface area contributed by atoms with Gasteiger partial charge < -0.3 is 64.2 Å². The zero-order chi connectivity index (χ0) is 46.6. The zero-order valence-electron chi connectivity index (χ0n) is 38.7. The maximum Gasteiger partial charge on any atom is 0.306 e. The molecular formula is C50H84O14. The highest BCUT2D eigenvalue weighted by Crippen LogP contribution is 2.26. The van der Waals surface area contributed by atoms with Crippen molar-refractivity contribution in [1.82, 2.24) is 0 Å². The van der Waals surface area contributed by atoms with Gasteiger partial charge in [-0.15, -0.1) is 0 Å². The maximum atomic E-state index is 12.9. The number of carbonyl (C=O) groups excluding carboxylic acids is 1. The number of aliphatic hydroxyl groups is 7. The third-order valence-corrected chi connectivity index (χ3v) is 10.9. The number of allylic oxidation sites excluding steroid dienone is 12. The highest BCUT2D eigenvalue weighted by molar-refractivity contribution is 5.69. The quantitative estimate of drug-likeness (QED) is 0.0208. The number of hydrogen-bond donors (Lipinski definition) is 7. The van der Waals surface area contributed by atoms with Gasteiger partial charge in [-0.2, -0.15) is 0 Å². The minimum absolute atomic E-state index is 0.0248. The molecule has 0 aromatic heterocycles. The summed E-state index contributed by atoms with van der Waals surface area (Å²) in [4.78, 5) is 12.9. The van der Waals surface area contributed by atoms with Crippen LogP contribution in [0.4, 0.5) is 0 Å². The molecule has 0 aromatic rings. The van der Waals surface area contributed by atoms with Gasteiger partial charge in [0.15, 0.2) is 12.6 Å². The minimum atomic E-state index is -1.72. The van der Waals surface area contributed by atoms with Gasteiger partial charge in [0.2, 0.25) is 0 Å². The molecule has 0 radical (unpaired) electrons. The maximum absolute atomic E-state index is 12.9. The highest BCUT2D eigenvalue weighted by atomic mass is 16.7. The van der Waals surface area contributed by atoms with E-state index in [0.717, 1.165) is 89.9 Å². The van der Waals surface area contributed by atoms with Crippen molar-refractivity contribution in [3.8, 4) is 0 Å². The second-order valence-corrected chi connectivity index (χ2v) is 16.5. The number of unbranched alkanes of at least 4 members (excludes halogenated alkanes) is 10. The Hall–Kier alpha value is -2.57. The van der Waals surface area contributed by atoms with Gasteiger partial charge in [-0.05, 0) is 83.5 Å². The number of hydrogen-bond acceptors (Lipinski definition) is 14. The van der Waals surface area contributed by atoms with E-state index in [1.807, 2.05) is 0 Å². The molecule has 2 fully saturated rings. The Morgan fingerprint density at radius 2 is 1.02 bits per heavy atom. The van der Waals surface area contributed by atoms with Crippen LogP contribution in [-0.4, -0.2) is 142 Å². The van der Waals surface area contributed by atoms with E-state index in [1.165, 1.54) is 19.3 Å². The summed E-state index contributed by atoms with van der Waals surface area (Å²) in [6.45, 7) is 3.39. The van der Waals surface area contributed by atoms with Crippen molar-refractivity contribution >= 4 is 5.97 Å². The van der Waals surface area contributed by atoms with Gasteiger partial charge in [0.05, 0.1) is 26.4 Å². The first-order valence-corrected chi connectivity index (χ1v) is 24.0. The molecule has 2 aliphatic heterocycles. The molecule has 2 rings (SSSR count). The van der Waals surface area contributed by atoms with Crippen LogP contribution in [0.15, 0.2) is 72.9 Å². The van der Waals surface area contributed by atoms with Crippen molar-refractivity contribution in [1.29, 1.82) is 0 Å². The fraction of sp³-hybridized carbons (Fsp3) is 0.740. The number of rotatable bonds is 36. The standard InChI is InChI=1S/C50H84O14/c1-3-5-7-9-11-13-15-17-18-19-20-21-22-24-26-28-30-32-34-59-36-39(62-42(52)33-31-29-27-25-23-16-14-12-10-8-6-4-2)37-60-49-48(58)46(56)44(54)41(64-49)38-61-50-47(57)45(55)43(53)40(35-51)63-50/h5,7,11-14,17-18,20-21,24,26,39-41,43-51,53-58H,3-4,6,8-10,15-16,19,22-23,25,27-38H2,1-2H3/b7-5-,13-11-,14-12-,18-17-,21-20-,26-24-. The summed E-state index contributed by atoms with van der Waals surface area (Å²) < 4.78 is 34.1. The molecule has 0 amide bonds. The van der Waals surface area contributed by atoms with Crippen LogP contribution in [0.25, 0.3) is 0 Å². The molecule has 2 aliphatic rings. The molecule has 0 bridgehead atoms. The van der Waals surface area contributed by atoms with E-state index < -0.39 is 86.7 Å². The second-order valence-electron chi connectivity index (χ2n) is 16.5. The first kappa shape index (κ1) is 57.6. The fourth-order valence-corrected chi connectivity index (χ4v) is 7.01. The van der Waals surface area contributed by atoms with Crippen molar-refractivity contribution in [2.75, 3.05) is 33.0 Å². The van der Waals surface area contributed by atoms with Gasteiger partial charge in [0, 0.05) is 13.0 Å². The van der Waals surface area contributed by atoms with Gasteiger partial charge in [0.1, 0.15) is 54.9 Å². The minimum Gasteiger partial charge on any atom is -0.457 e. The topological polar surface area (TPSA) is 214 Å². The van der Waals surface area contributed by atoms with E-state index in [9.17, 15) is 40.5 Å². The Kier molecular flexibility index (Phi) is 33.7. The first-order chi connectivity index (χ1) is 31.1. The molecule has 368 valence electrons. The fourth-order valence-electron chi connectivity index (χ4n) is 7.01. The Morgan fingerprint density at radius 3 is 1.61 bits per heavy atom. The average molecular weight is 909 g/mol. The number of aliphatic hydroxyl groups excluding tert-OH is 7. The van der Waals surface area contributed by atoms with Gasteiger partial charge in [0.25, 0.3) is 0 Å². The van der Waals surface area contributed by atoms with Crippen LogP contribution in [0, 0.1) is 0 Å². The van der Waals surface area contributed by atoms with E-state index in [4.69, 9.17) is 28.4 Å². The van der Waals surface area contributed by atoms with Crippen LogP contribution in [0.5, 0.6) is 0 Å². The van der Waals surface area contributed by atoms with Gasteiger partial charge >= 0.3 is 5.97 Å². The van der Waals surface area contributed by atoms with E-state index >= 15 is 0 Å². The van der Waals surface area contributed by atoms with E-state index in [2.05, 4.69) is 86.8 Å². The van der Waals surface area contributed by atoms with E-state index in [0.29, 0.717) is 13.0 Å². The molecule has 64 heavy (non-hydrogen) atoms. The molecule has 2 heterocycles.